The molecule has 0 aromatic carbocycles. The van der Waals surface area contributed by atoms with Crippen LogP contribution in [0, 0.1) is 0 Å². The summed E-state index contributed by atoms with van der Waals surface area (Å²) in [6.07, 6.45) is 0.987. The minimum Gasteiger partial charge on any atom is -0.337 e. The number of hydrogen-bond acceptors (Lipinski definition) is 5. The number of amides is 1. The second-order valence-corrected chi connectivity index (χ2v) is 7.17. The predicted molar refractivity (Wildman–Crippen MR) is 86.5 cm³/mol. The molecular formula is C15H19N3OS2. The Morgan fingerprint density at radius 3 is 3.19 bits per heavy atom. The van der Waals surface area contributed by atoms with Gasteiger partial charge >= 0.3 is 0 Å². The normalized spacial score (nSPS) is 16.0. The lowest BCUT2D eigenvalue weighted by molar-refractivity contribution is -0.137. The minimum absolute atomic E-state index is 0.119. The molecule has 0 aliphatic carbocycles. The van der Waals surface area contributed by atoms with Crippen molar-refractivity contribution in [3.8, 4) is 0 Å². The molecule has 1 aliphatic heterocycles. The number of aromatic nitrogens is 1. The first kappa shape index (κ1) is 14.7. The van der Waals surface area contributed by atoms with Crippen molar-refractivity contribution in [1.82, 2.24) is 14.8 Å². The fourth-order valence-electron chi connectivity index (χ4n) is 2.60. The van der Waals surface area contributed by atoms with E-state index in [0.29, 0.717) is 6.54 Å². The Morgan fingerprint density at radius 2 is 2.43 bits per heavy atom. The number of carbonyl (C=O) groups is 1. The average molecular weight is 321 g/mol. The van der Waals surface area contributed by atoms with Gasteiger partial charge in [0.15, 0.2) is 0 Å². The van der Waals surface area contributed by atoms with E-state index in [-0.39, 0.29) is 11.9 Å². The van der Waals surface area contributed by atoms with Gasteiger partial charge in [-0.1, -0.05) is 0 Å². The average Bonchev–Trinajstić information content (AvgIpc) is 3.15. The zero-order chi connectivity index (χ0) is 14.8. The summed E-state index contributed by atoms with van der Waals surface area (Å²) in [6, 6.07) is 2.02. The van der Waals surface area contributed by atoms with E-state index in [9.17, 15) is 4.79 Å². The van der Waals surface area contributed by atoms with Crippen LogP contribution in [0.1, 0.15) is 23.1 Å². The van der Waals surface area contributed by atoms with E-state index in [1.807, 2.05) is 29.8 Å². The summed E-state index contributed by atoms with van der Waals surface area (Å²) in [5.41, 5.74) is 4.17. The number of likely N-dealkylation sites (N-methyl/N-ethyl adjacent to an activating group) is 1. The van der Waals surface area contributed by atoms with E-state index in [0.717, 1.165) is 25.2 Å². The first-order valence-corrected chi connectivity index (χ1v) is 8.88. The van der Waals surface area contributed by atoms with Gasteiger partial charge < -0.3 is 4.90 Å². The largest absolute Gasteiger partial charge is 0.337 e. The molecule has 6 heteroatoms. The van der Waals surface area contributed by atoms with Crippen LogP contribution in [-0.4, -0.2) is 40.3 Å². The standard InChI is InChI=1S/C15H19N3OS2/c1-11(17(2)8-13-9-20-10-16-13)15(19)18-5-3-14-12(7-18)4-6-21-14/h4,6,9-11H,3,5,7-8H2,1-2H3. The zero-order valence-electron chi connectivity index (χ0n) is 12.3. The lowest BCUT2D eigenvalue weighted by Gasteiger charge is -2.32. The summed E-state index contributed by atoms with van der Waals surface area (Å²) in [5.74, 6) is 0.213. The molecule has 0 spiro atoms. The highest BCUT2D eigenvalue weighted by Crippen LogP contribution is 2.24. The molecule has 1 atom stereocenters. The molecule has 4 nitrogen and oxygen atoms in total. The summed E-state index contributed by atoms with van der Waals surface area (Å²) in [6.45, 7) is 4.29. The number of thiophene rings is 1. The highest BCUT2D eigenvalue weighted by atomic mass is 32.1. The van der Waals surface area contributed by atoms with Crippen LogP contribution in [0.25, 0.3) is 0 Å². The molecule has 21 heavy (non-hydrogen) atoms. The topological polar surface area (TPSA) is 36.4 Å². The van der Waals surface area contributed by atoms with Crippen LogP contribution in [0.15, 0.2) is 22.3 Å². The number of fused-ring (bicyclic) bond motifs is 1. The third-order valence-electron chi connectivity index (χ3n) is 4.03. The van der Waals surface area contributed by atoms with Crippen LogP contribution >= 0.6 is 22.7 Å². The molecule has 0 saturated heterocycles. The minimum atomic E-state index is -0.119. The van der Waals surface area contributed by atoms with Crippen molar-refractivity contribution in [3.63, 3.8) is 0 Å². The summed E-state index contributed by atoms with van der Waals surface area (Å²) in [4.78, 5) is 22.4. The van der Waals surface area contributed by atoms with Crippen LogP contribution < -0.4 is 0 Å². The Bertz CT molecular complexity index is 608. The Morgan fingerprint density at radius 1 is 1.57 bits per heavy atom. The van der Waals surface area contributed by atoms with Crippen LogP contribution in [0.4, 0.5) is 0 Å². The van der Waals surface area contributed by atoms with Crippen molar-refractivity contribution in [1.29, 1.82) is 0 Å². The number of hydrogen-bond donors (Lipinski definition) is 0. The van der Waals surface area contributed by atoms with Gasteiger partial charge in [0.25, 0.3) is 0 Å². The maximum atomic E-state index is 12.7. The lowest BCUT2D eigenvalue weighted by Crippen LogP contribution is -2.46. The SMILES string of the molecule is CC(C(=O)N1CCc2sccc2C1)N(C)Cc1cscn1. The molecule has 1 aliphatic rings. The van der Waals surface area contributed by atoms with Gasteiger partial charge in [0, 0.05) is 29.9 Å². The molecule has 3 rings (SSSR count). The molecule has 2 aromatic heterocycles. The summed E-state index contributed by atoms with van der Waals surface area (Å²) >= 11 is 3.39. The van der Waals surface area contributed by atoms with E-state index in [2.05, 4.69) is 21.3 Å². The van der Waals surface area contributed by atoms with Gasteiger partial charge in [-0.05, 0) is 37.4 Å². The summed E-state index contributed by atoms with van der Waals surface area (Å²) < 4.78 is 0. The lowest BCUT2D eigenvalue weighted by atomic mass is 10.1. The molecule has 0 N–H and O–H groups in total. The van der Waals surface area contributed by atoms with Crippen LogP contribution in [0.3, 0.4) is 0 Å². The smallest absolute Gasteiger partial charge is 0.239 e. The van der Waals surface area contributed by atoms with Crippen LogP contribution in [0.2, 0.25) is 0 Å². The number of rotatable bonds is 4. The first-order valence-electron chi connectivity index (χ1n) is 7.06. The molecule has 112 valence electrons. The molecule has 1 unspecified atom stereocenters. The third-order valence-corrected chi connectivity index (χ3v) is 5.69. The van der Waals surface area contributed by atoms with Gasteiger partial charge in [0.1, 0.15) is 0 Å². The highest BCUT2D eigenvalue weighted by molar-refractivity contribution is 7.10. The Hall–Kier alpha value is -1.24. The second kappa shape index (κ2) is 6.25. The molecule has 0 radical (unpaired) electrons. The van der Waals surface area contributed by atoms with E-state index in [4.69, 9.17) is 0 Å². The van der Waals surface area contributed by atoms with Crippen molar-refractivity contribution < 1.29 is 4.79 Å². The van der Waals surface area contributed by atoms with E-state index < -0.39 is 0 Å². The molecular weight excluding hydrogens is 302 g/mol. The first-order chi connectivity index (χ1) is 10.1. The maximum Gasteiger partial charge on any atom is 0.239 e. The molecule has 0 fully saturated rings. The van der Waals surface area contributed by atoms with E-state index in [1.165, 1.54) is 10.4 Å². The quantitative estimate of drug-likeness (QED) is 0.868. The molecule has 0 saturated carbocycles. The second-order valence-electron chi connectivity index (χ2n) is 5.45. The van der Waals surface area contributed by atoms with Gasteiger partial charge in [-0.2, -0.15) is 0 Å². The van der Waals surface area contributed by atoms with Crippen molar-refractivity contribution in [2.24, 2.45) is 0 Å². The number of carbonyl (C=O) groups excluding carboxylic acids is 1. The van der Waals surface area contributed by atoms with Crippen LogP contribution in [0.5, 0.6) is 0 Å². The van der Waals surface area contributed by atoms with Gasteiger partial charge in [-0.3, -0.25) is 9.69 Å². The molecule has 3 heterocycles. The van der Waals surface area contributed by atoms with Crippen molar-refractivity contribution in [2.45, 2.75) is 32.5 Å². The summed E-state index contributed by atoms with van der Waals surface area (Å²) in [5, 5.41) is 4.16. The summed E-state index contributed by atoms with van der Waals surface area (Å²) in [7, 11) is 1.99. The number of nitrogens with zero attached hydrogens (tertiary/aromatic N) is 3. The highest BCUT2D eigenvalue weighted by Gasteiger charge is 2.27. The van der Waals surface area contributed by atoms with E-state index in [1.54, 1.807) is 22.7 Å². The van der Waals surface area contributed by atoms with E-state index >= 15 is 0 Å². The van der Waals surface area contributed by atoms with Gasteiger partial charge in [-0.25, -0.2) is 4.98 Å². The van der Waals surface area contributed by atoms with Crippen molar-refractivity contribution in [2.75, 3.05) is 13.6 Å². The molecule has 1 amide bonds. The Kier molecular flexibility index (Phi) is 4.37. The molecule has 0 bridgehead atoms. The predicted octanol–water partition coefficient (Wildman–Crippen LogP) is 2.61. The molecule has 2 aromatic rings. The van der Waals surface area contributed by atoms with Gasteiger partial charge in [0.2, 0.25) is 5.91 Å². The van der Waals surface area contributed by atoms with Crippen molar-refractivity contribution in [3.05, 3.63) is 38.5 Å². The maximum absolute atomic E-state index is 12.7. The number of thiazole rings is 1. The Labute approximate surface area is 133 Å². The fourth-order valence-corrected chi connectivity index (χ4v) is 4.04. The fraction of sp³-hybridized carbons (Fsp3) is 0.467. The van der Waals surface area contributed by atoms with Gasteiger partial charge in [0.05, 0.1) is 17.2 Å². The monoisotopic (exact) mass is 321 g/mol. The Balaban J connectivity index is 1.62. The third kappa shape index (κ3) is 3.17. The zero-order valence-corrected chi connectivity index (χ0v) is 13.9. The van der Waals surface area contributed by atoms with Gasteiger partial charge in [-0.15, -0.1) is 22.7 Å². The van der Waals surface area contributed by atoms with Crippen molar-refractivity contribution >= 4 is 28.6 Å². The van der Waals surface area contributed by atoms with Crippen LogP contribution in [-0.2, 0) is 24.3 Å².